The van der Waals surface area contributed by atoms with E-state index >= 15 is 0 Å². The van der Waals surface area contributed by atoms with Gasteiger partial charge in [0.1, 0.15) is 5.76 Å². The van der Waals surface area contributed by atoms with Crippen molar-refractivity contribution in [2.75, 3.05) is 0 Å². The van der Waals surface area contributed by atoms with E-state index in [9.17, 15) is 4.79 Å². The Labute approximate surface area is 83.8 Å². The van der Waals surface area contributed by atoms with E-state index in [4.69, 9.17) is 4.42 Å². The zero-order chi connectivity index (χ0) is 10.4. The first-order valence-electron chi connectivity index (χ1n) is 4.74. The highest BCUT2D eigenvalue weighted by atomic mass is 16.3. The molecule has 1 aromatic heterocycles. The van der Waals surface area contributed by atoms with Crippen molar-refractivity contribution in [3.05, 3.63) is 30.2 Å². The molecule has 1 heterocycles. The predicted octanol–water partition coefficient (Wildman–Crippen LogP) is 2.21. The Morgan fingerprint density at radius 1 is 1.71 bits per heavy atom. The van der Waals surface area contributed by atoms with Gasteiger partial charge in [-0.1, -0.05) is 6.92 Å². The highest BCUT2D eigenvalue weighted by molar-refractivity contribution is 5.91. The van der Waals surface area contributed by atoms with Gasteiger partial charge in [-0.2, -0.15) is 0 Å². The van der Waals surface area contributed by atoms with E-state index in [2.05, 4.69) is 5.32 Å². The van der Waals surface area contributed by atoms with Crippen LogP contribution >= 0.6 is 0 Å². The first kappa shape index (κ1) is 10.6. The van der Waals surface area contributed by atoms with Crippen LogP contribution in [0.2, 0.25) is 0 Å². The van der Waals surface area contributed by atoms with E-state index in [0.717, 1.165) is 6.42 Å². The first-order valence-corrected chi connectivity index (χ1v) is 4.74. The second-order valence-corrected chi connectivity index (χ2v) is 3.17. The molecule has 0 aliphatic carbocycles. The summed E-state index contributed by atoms with van der Waals surface area (Å²) >= 11 is 0. The fraction of sp³-hybridized carbons (Fsp3) is 0.364. The highest BCUT2D eigenvalue weighted by Crippen LogP contribution is 2.01. The monoisotopic (exact) mass is 193 g/mol. The molecule has 14 heavy (non-hydrogen) atoms. The quantitative estimate of drug-likeness (QED) is 0.745. The molecule has 0 fully saturated rings. The Morgan fingerprint density at radius 2 is 2.50 bits per heavy atom. The summed E-state index contributed by atoms with van der Waals surface area (Å²) < 4.78 is 5.05. The van der Waals surface area contributed by atoms with Crippen LogP contribution in [0, 0.1) is 0 Å². The Bertz CT molecular complexity index is 301. The maximum absolute atomic E-state index is 11.3. The minimum atomic E-state index is -0.0873. The molecular weight excluding hydrogens is 178 g/mol. The molecule has 0 radical (unpaired) electrons. The molecule has 0 aromatic carbocycles. The van der Waals surface area contributed by atoms with Gasteiger partial charge in [-0.05, 0) is 31.6 Å². The Balaban J connectivity index is 2.41. The van der Waals surface area contributed by atoms with Crippen LogP contribution in [-0.4, -0.2) is 11.9 Å². The number of amides is 1. The van der Waals surface area contributed by atoms with Gasteiger partial charge in [0, 0.05) is 12.1 Å². The maximum Gasteiger partial charge on any atom is 0.244 e. The summed E-state index contributed by atoms with van der Waals surface area (Å²) in [6, 6.07) is 3.79. The van der Waals surface area contributed by atoms with E-state index in [0.29, 0.717) is 5.76 Å². The van der Waals surface area contributed by atoms with Crippen LogP contribution in [0.5, 0.6) is 0 Å². The molecule has 1 amide bonds. The van der Waals surface area contributed by atoms with Crippen molar-refractivity contribution in [3.63, 3.8) is 0 Å². The van der Waals surface area contributed by atoms with Crippen molar-refractivity contribution < 1.29 is 9.21 Å². The van der Waals surface area contributed by atoms with Crippen molar-refractivity contribution >= 4 is 12.0 Å². The topological polar surface area (TPSA) is 42.2 Å². The molecule has 0 bridgehead atoms. The molecule has 0 saturated heterocycles. The minimum Gasteiger partial charge on any atom is -0.465 e. The summed E-state index contributed by atoms with van der Waals surface area (Å²) in [5, 5.41) is 2.82. The number of nitrogens with one attached hydrogen (secondary N) is 1. The second kappa shape index (κ2) is 5.27. The summed E-state index contributed by atoms with van der Waals surface area (Å²) in [6.45, 7) is 4.00. The molecule has 76 valence electrons. The molecule has 3 heteroatoms. The van der Waals surface area contributed by atoms with Gasteiger partial charge in [-0.25, -0.2) is 0 Å². The molecular formula is C11H15NO2. The normalized spacial score (nSPS) is 13.0. The first-order chi connectivity index (χ1) is 6.72. The molecule has 1 atom stereocenters. The molecule has 1 aromatic rings. The standard InChI is InChI=1S/C11H15NO2/c1-3-9(2)12-11(13)7-6-10-5-4-8-14-10/h4-9H,3H2,1-2H3,(H,12,13)/b7-6+/t9-/m1/s1. The summed E-state index contributed by atoms with van der Waals surface area (Å²) in [7, 11) is 0. The third-order valence-corrected chi connectivity index (χ3v) is 1.94. The number of hydrogen-bond acceptors (Lipinski definition) is 2. The second-order valence-electron chi connectivity index (χ2n) is 3.17. The average Bonchev–Trinajstić information content (AvgIpc) is 2.67. The van der Waals surface area contributed by atoms with Gasteiger partial charge in [0.2, 0.25) is 5.91 Å². The van der Waals surface area contributed by atoms with Gasteiger partial charge in [-0.3, -0.25) is 4.79 Å². The van der Waals surface area contributed by atoms with Gasteiger partial charge in [0.25, 0.3) is 0 Å². The Morgan fingerprint density at radius 3 is 3.07 bits per heavy atom. The van der Waals surface area contributed by atoms with Crippen LogP contribution in [-0.2, 0) is 4.79 Å². The van der Waals surface area contributed by atoms with Crippen molar-refractivity contribution in [1.29, 1.82) is 0 Å². The lowest BCUT2D eigenvalue weighted by molar-refractivity contribution is -0.117. The highest BCUT2D eigenvalue weighted by Gasteiger charge is 2.00. The van der Waals surface area contributed by atoms with E-state index in [1.54, 1.807) is 24.5 Å². The summed E-state index contributed by atoms with van der Waals surface area (Å²) in [6.07, 6.45) is 5.63. The molecule has 0 spiro atoms. The number of rotatable bonds is 4. The SMILES string of the molecule is CC[C@@H](C)NC(=O)/C=C/c1ccco1. The third kappa shape index (κ3) is 3.47. The molecule has 3 nitrogen and oxygen atoms in total. The fourth-order valence-electron chi connectivity index (χ4n) is 0.937. The molecule has 0 aliphatic heterocycles. The molecule has 0 saturated carbocycles. The Hall–Kier alpha value is -1.51. The van der Waals surface area contributed by atoms with Gasteiger partial charge < -0.3 is 9.73 Å². The van der Waals surface area contributed by atoms with Gasteiger partial charge in [0.15, 0.2) is 0 Å². The smallest absolute Gasteiger partial charge is 0.244 e. The zero-order valence-electron chi connectivity index (χ0n) is 8.49. The van der Waals surface area contributed by atoms with Crippen molar-refractivity contribution in [3.8, 4) is 0 Å². The van der Waals surface area contributed by atoms with Crippen LogP contribution in [0.3, 0.4) is 0 Å². The van der Waals surface area contributed by atoms with Crippen LogP contribution in [0.1, 0.15) is 26.0 Å². The van der Waals surface area contributed by atoms with Crippen LogP contribution in [0.25, 0.3) is 6.08 Å². The lowest BCUT2D eigenvalue weighted by atomic mass is 10.2. The Kier molecular flexibility index (Phi) is 3.98. The summed E-state index contributed by atoms with van der Waals surface area (Å²) in [5.74, 6) is 0.597. The minimum absolute atomic E-state index is 0.0873. The zero-order valence-corrected chi connectivity index (χ0v) is 8.49. The third-order valence-electron chi connectivity index (χ3n) is 1.94. The number of furan rings is 1. The molecule has 0 aliphatic rings. The summed E-state index contributed by atoms with van der Waals surface area (Å²) in [4.78, 5) is 11.3. The lowest BCUT2D eigenvalue weighted by Gasteiger charge is -2.07. The molecule has 1 rings (SSSR count). The van der Waals surface area contributed by atoms with Gasteiger partial charge >= 0.3 is 0 Å². The molecule has 1 N–H and O–H groups in total. The van der Waals surface area contributed by atoms with Crippen molar-refractivity contribution in [2.24, 2.45) is 0 Å². The fourth-order valence-corrected chi connectivity index (χ4v) is 0.937. The van der Waals surface area contributed by atoms with E-state index in [1.807, 2.05) is 13.8 Å². The van der Waals surface area contributed by atoms with E-state index < -0.39 is 0 Å². The number of carbonyl (C=O) groups excluding carboxylic acids is 1. The van der Waals surface area contributed by atoms with Crippen LogP contribution in [0.4, 0.5) is 0 Å². The van der Waals surface area contributed by atoms with E-state index in [-0.39, 0.29) is 11.9 Å². The molecule has 0 unspecified atom stereocenters. The van der Waals surface area contributed by atoms with E-state index in [1.165, 1.54) is 6.08 Å². The lowest BCUT2D eigenvalue weighted by Crippen LogP contribution is -2.30. The van der Waals surface area contributed by atoms with Crippen molar-refractivity contribution in [2.45, 2.75) is 26.3 Å². The van der Waals surface area contributed by atoms with Crippen LogP contribution in [0.15, 0.2) is 28.9 Å². The van der Waals surface area contributed by atoms with Crippen molar-refractivity contribution in [1.82, 2.24) is 5.32 Å². The maximum atomic E-state index is 11.3. The van der Waals surface area contributed by atoms with Gasteiger partial charge in [-0.15, -0.1) is 0 Å². The number of hydrogen-bond donors (Lipinski definition) is 1. The predicted molar refractivity (Wildman–Crippen MR) is 55.6 cm³/mol. The largest absolute Gasteiger partial charge is 0.465 e. The van der Waals surface area contributed by atoms with Crippen LogP contribution < -0.4 is 5.32 Å². The van der Waals surface area contributed by atoms with Gasteiger partial charge in [0.05, 0.1) is 6.26 Å². The number of carbonyl (C=O) groups is 1. The summed E-state index contributed by atoms with van der Waals surface area (Å²) in [5.41, 5.74) is 0. The average molecular weight is 193 g/mol.